The van der Waals surface area contributed by atoms with Gasteiger partial charge < -0.3 is 20.5 Å². The number of anilines is 2. The summed E-state index contributed by atoms with van der Waals surface area (Å²) in [5, 5.41) is 2.48. The SMILES string of the molecule is CC(=O)N(C(=O)C(=O)NCC1COc2ccccc2O1)c1cccc(N)c1. The standard InChI is InChI=1S/C19H19N3O5/c1-12(23)22(14-6-4-5-13(20)9-14)19(25)18(24)21-10-15-11-26-16-7-2-3-8-17(16)27-15/h2-9,15H,10-11,20H2,1H3,(H,21,24). The first-order valence-electron chi connectivity index (χ1n) is 8.32. The van der Waals surface area contributed by atoms with Gasteiger partial charge in [-0.15, -0.1) is 0 Å². The topological polar surface area (TPSA) is 111 Å². The minimum Gasteiger partial charge on any atom is -0.486 e. The van der Waals surface area contributed by atoms with Gasteiger partial charge in [0.25, 0.3) is 0 Å². The molecule has 1 aliphatic heterocycles. The maximum absolute atomic E-state index is 12.4. The molecule has 0 saturated heterocycles. The van der Waals surface area contributed by atoms with E-state index in [1.54, 1.807) is 24.3 Å². The molecule has 0 bridgehead atoms. The predicted octanol–water partition coefficient (Wildman–Crippen LogP) is 1.10. The molecule has 0 aromatic heterocycles. The number of benzene rings is 2. The summed E-state index contributed by atoms with van der Waals surface area (Å²) in [5.74, 6) is -1.31. The molecule has 8 heteroatoms. The smallest absolute Gasteiger partial charge is 0.323 e. The minimum absolute atomic E-state index is 0.0571. The van der Waals surface area contributed by atoms with Crippen LogP contribution in [0, 0.1) is 0 Å². The largest absolute Gasteiger partial charge is 0.486 e. The molecule has 2 aromatic rings. The molecule has 0 radical (unpaired) electrons. The van der Waals surface area contributed by atoms with Crippen molar-refractivity contribution in [3.8, 4) is 11.5 Å². The lowest BCUT2D eigenvalue weighted by molar-refractivity contribution is -0.139. The van der Waals surface area contributed by atoms with Gasteiger partial charge in [-0.2, -0.15) is 0 Å². The average molecular weight is 369 g/mol. The molecular formula is C19H19N3O5. The maximum atomic E-state index is 12.4. The minimum atomic E-state index is -0.995. The fourth-order valence-corrected chi connectivity index (χ4v) is 2.65. The third-order valence-corrected chi connectivity index (χ3v) is 3.90. The van der Waals surface area contributed by atoms with E-state index in [-0.39, 0.29) is 18.8 Å². The Morgan fingerprint density at radius 3 is 2.59 bits per heavy atom. The number of nitrogen functional groups attached to an aromatic ring is 1. The van der Waals surface area contributed by atoms with Gasteiger partial charge in [0.05, 0.1) is 12.2 Å². The molecule has 2 aromatic carbocycles. The number of carbonyl (C=O) groups excluding carboxylic acids is 3. The molecule has 27 heavy (non-hydrogen) atoms. The number of carbonyl (C=O) groups is 3. The normalized spacial score (nSPS) is 14.9. The number of nitrogens with zero attached hydrogens (tertiary/aromatic N) is 1. The van der Waals surface area contributed by atoms with E-state index in [1.165, 1.54) is 19.1 Å². The van der Waals surface area contributed by atoms with Gasteiger partial charge in [-0.05, 0) is 30.3 Å². The van der Waals surface area contributed by atoms with E-state index < -0.39 is 23.8 Å². The summed E-state index contributed by atoms with van der Waals surface area (Å²) >= 11 is 0. The van der Waals surface area contributed by atoms with Crippen molar-refractivity contribution in [3.05, 3.63) is 48.5 Å². The van der Waals surface area contributed by atoms with E-state index in [2.05, 4.69) is 5.32 Å². The molecular weight excluding hydrogens is 350 g/mol. The lowest BCUT2D eigenvalue weighted by Crippen LogP contribution is -2.49. The first kappa shape index (κ1) is 18.2. The molecule has 1 heterocycles. The maximum Gasteiger partial charge on any atom is 0.323 e. The second kappa shape index (κ2) is 7.77. The van der Waals surface area contributed by atoms with E-state index in [0.29, 0.717) is 17.2 Å². The van der Waals surface area contributed by atoms with Crippen LogP contribution in [0.5, 0.6) is 11.5 Å². The fourth-order valence-electron chi connectivity index (χ4n) is 2.65. The molecule has 8 nitrogen and oxygen atoms in total. The highest BCUT2D eigenvalue weighted by atomic mass is 16.6. The number of rotatable bonds is 3. The lowest BCUT2D eigenvalue weighted by Gasteiger charge is -2.26. The second-order valence-corrected chi connectivity index (χ2v) is 5.96. The Morgan fingerprint density at radius 2 is 1.89 bits per heavy atom. The van der Waals surface area contributed by atoms with Crippen molar-refractivity contribution in [1.29, 1.82) is 0 Å². The Bertz CT molecular complexity index is 883. The van der Waals surface area contributed by atoms with Crippen LogP contribution in [0.3, 0.4) is 0 Å². The quantitative estimate of drug-likeness (QED) is 0.619. The zero-order valence-corrected chi connectivity index (χ0v) is 14.7. The van der Waals surface area contributed by atoms with Crippen LogP contribution in [0.1, 0.15) is 6.92 Å². The number of nitrogens with one attached hydrogen (secondary N) is 1. The summed E-state index contributed by atoms with van der Waals surface area (Å²) in [7, 11) is 0. The Balaban J connectivity index is 1.63. The summed E-state index contributed by atoms with van der Waals surface area (Å²) in [6.07, 6.45) is -0.449. The number of amides is 3. The van der Waals surface area contributed by atoms with Crippen LogP contribution in [0.2, 0.25) is 0 Å². The van der Waals surface area contributed by atoms with Gasteiger partial charge in [0.1, 0.15) is 12.7 Å². The van der Waals surface area contributed by atoms with Crippen molar-refractivity contribution < 1.29 is 23.9 Å². The number of hydrogen-bond donors (Lipinski definition) is 2. The van der Waals surface area contributed by atoms with Crippen LogP contribution in [0.25, 0.3) is 0 Å². The van der Waals surface area contributed by atoms with Gasteiger partial charge in [-0.1, -0.05) is 18.2 Å². The van der Waals surface area contributed by atoms with Crippen LogP contribution in [0.4, 0.5) is 11.4 Å². The van der Waals surface area contributed by atoms with E-state index >= 15 is 0 Å². The van der Waals surface area contributed by atoms with E-state index in [0.717, 1.165) is 4.90 Å². The van der Waals surface area contributed by atoms with Gasteiger partial charge >= 0.3 is 11.8 Å². The van der Waals surface area contributed by atoms with Gasteiger partial charge in [0.15, 0.2) is 11.5 Å². The summed E-state index contributed by atoms with van der Waals surface area (Å²) in [5.41, 5.74) is 6.29. The highest BCUT2D eigenvalue weighted by Gasteiger charge is 2.28. The number of para-hydroxylation sites is 2. The second-order valence-electron chi connectivity index (χ2n) is 5.96. The number of imide groups is 1. The van der Waals surface area contributed by atoms with E-state index in [1.807, 2.05) is 12.1 Å². The molecule has 3 amide bonds. The predicted molar refractivity (Wildman–Crippen MR) is 98.4 cm³/mol. The molecule has 1 unspecified atom stereocenters. The molecule has 0 aliphatic carbocycles. The van der Waals surface area contributed by atoms with Crippen molar-refractivity contribution in [1.82, 2.24) is 5.32 Å². The number of hydrogen-bond acceptors (Lipinski definition) is 6. The van der Waals surface area contributed by atoms with Gasteiger partial charge in [-0.3, -0.25) is 14.4 Å². The molecule has 0 fully saturated rings. The molecule has 140 valence electrons. The summed E-state index contributed by atoms with van der Waals surface area (Å²) in [4.78, 5) is 37.4. The summed E-state index contributed by atoms with van der Waals surface area (Å²) < 4.78 is 11.3. The number of fused-ring (bicyclic) bond motifs is 1. The van der Waals surface area contributed by atoms with Gasteiger partial charge in [-0.25, -0.2) is 4.90 Å². The average Bonchev–Trinajstić information content (AvgIpc) is 2.65. The van der Waals surface area contributed by atoms with E-state index in [4.69, 9.17) is 15.2 Å². The monoisotopic (exact) mass is 369 g/mol. The molecule has 0 saturated carbocycles. The summed E-state index contributed by atoms with van der Waals surface area (Å²) in [6.45, 7) is 1.49. The van der Waals surface area contributed by atoms with E-state index in [9.17, 15) is 14.4 Å². The third-order valence-electron chi connectivity index (χ3n) is 3.90. The van der Waals surface area contributed by atoms with Crippen molar-refractivity contribution in [3.63, 3.8) is 0 Å². The number of nitrogens with two attached hydrogens (primary N) is 1. The first-order valence-corrected chi connectivity index (χ1v) is 8.32. The number of ether oxygens (including phenoxy) is 2. The zero-order chi connectivity index (χ0) is 19.4. The Morgan fingerprint density at radius 1 is 1.15 bits per heavy atom. The van der Waals surface area contributed by atoms with Gasteiger partial charge in [0.2, 0.25) is 5.91 Å². The third kappa shape index (κ3) is 4.17. The zero-order valence-electron chi connectivity index (χ0n) is 14.7. The highest BCUT2D eigenvalue weighted by molar-refractivity contribution is 6.45. The molecule has 1 aliphatic rings. The Kier molecular flexibility index (Phi) is 5.25. The molecule has 0 spiro atoms. The lowest BCUT2D eigenvalue weighted by atomic mass is 10.2. The van der Waals surface area contributed by atoms with Crippen LogP contribution in [-0.4, -0.2) is 37.0 Å². The Labute approximate surface area is 155 Å². The molecule has 3 N–H and O–H groups in total. The summed E-state index contributed by atoms with van der Waals surface area (Å²) in [6, 6.07) is 13.4. The van der Waals surface area contributed by atoms with Crippen molar-refractivity contribution in [2.75, 3.05) is 23.8 Å². The van der Waals surface area contributed by atoms with Crippen molar-refractivity contribution in [2.24, 2.45) is 0 Å². The fraction of sp³-hybridized carbons (Fsp3) is 0.211. The van der Waals surface area contributed by atoms with Crippen molar-refractivity contribution in [2.45, 2.75) is 13.0 Å². The van der Waals surface area contributed by atoms with Gasteiger partial charge in [0, 0.05) is 12.6 Å². The first-order chi connectivity index (χ1) is 13.0. The molecule has 3 rings (SSSR count). The van der Waals surface area contributed by atoms with Crippen LogP contribution in [-0.2, 0) is 14.4 Å². The molecule has 1 atom stereocenters. The Hall–Kier alpha value is -3.55. The van der Waals surface area contributed by atoms with Crippen LogP contribution in [0.15, 0.2) is 48.5 Å². The van der Waals surface area contributed by atoms with Crippen LogP contribution >= 0.6 is 0 Å². The van der Waals surface area contributed by atoms with Crippen molar-refractivity contribution >= 4 is 29.1 Å². The highest BCUT2D eigenvalue weighted by Crippen LogP contribution is 2.30. The van der Waals surface area contributed by atoms with Crippen LogP contribution < -0.4 is 25.4 Å².